The van der Waals surface area contributed by atoms with Crippen LogP contribution in [0.5, 0.6) is 0 Å². The number of benzene rings is 1. The number of hydrogen-bond acceptors (Lipinski definition) is 3. The van der Waals surface area contributed by atoms with E-state index in [0.29, 0.717) is 6.54 Å². The second-order valence-electron chi connectivity index (χ2n) is 6.57. The van der Waals surface area contributed by atoms with Crippen LogP contribution < -0.4 is 0 Å². The zero-order chi connectivity index (χ0) is 17.5. The molecular formula is C19H26FNO3. The number of esters is 1. The van der Waals surface area contributed by atoms with Crippen LogP contribution in [0.1, 0.15) is 44.6 Å². The summed E-state index contributed by atoms with van der Waals surface area (Å²) in [6.07, 6.45) is 5.59. The van der Waals surface area contributed by atoms with Crippen molar-refractivity contribution in [3.63, 3.8) is 0 Å². The van der Waals surface area contributed by atoms with Gasteiger partial charge in [0.1, 0.15) is 5.82 Å². The third-order valence-corrected chi connectivity index (χ3v) is 4.68. The first kappa shape index (κ1) is 18.4. The summed E-state index contributed by atoms with van der Waals surface area (Å²) in [7, 11) is 1.37. The van der Waals surface area contributed by atoms with Crippen molar-refractivity contribution in [2.45, 2.75) is 51.5 Å². The SMILES string of the molecule is COC(=O)C(C)CN(C(=O)Cc1ccc(F)cc1)C1CCCCC1. The van der Waals surface area contributed by atoms with E-state index in [1.54, 1.807) is 19.1 Å². The highest BCUT2D eigenvalue weighted by Gasteiger charge is 2.28. The number of rotatable bonds is 6. The number of hydrogen-bond donors (Lipinski definition) is 0. The minimum absolute atomic E-state index is 0.00994. The Kier molecular flexibility index (Phi) is 6.76. The largest absolute Gasteiger partial charge is 0.469 e. The fourth-order valence-electron chi connectivity index (χ4n) is 3.30. The standard InChI is InChI=1S/C19H26FNO3/c1-14(19(23)24-2)13-21(17-6-4-3-5-7-17)18(22)12-15-8-10-16(20)11-9-15/h8-11,14,17H,3-7,12-13H2,1-2H3. The van der Waals surface area contributed by atoms with Crippen molar-refractivity contribution in [1.29, 1.82) is 0 Å². The Balaban J connectivity index is 2.09. The molecule has 1 aromatic rings. The van der Waals surface area contributed by atoms with Gasteiger partial charge < -0.3 is 9.64 Å². The molecule has 0 bridgehead atoms. The molecule has 0 N–H and O–H groups in total. The maximum atomic E-state index is 13.0. The lowest BCUT2D eigenvalue weighted by Crippen LogP contribution is -2.45. The fourth-order valence-corrected chi connectivity index (χ4v) is 3.30. The van der Waals surface area contributed by atoms with Crippen LogP contribution in [-0.2, 0) is 20.7 Å². The van der Waals surface area contributed by atoms with E-state index >= 15 is 0 Å². The van der Waals surface area contributed by atoms with Crippen LogP contribution in [0.15, 0.2) is 24.3 Å². The highest BCUT2D eigenvalue weighted by Crippen LogP contribution is 2.24. The number of carbonyl (C=O) groups is 2. The Bertz CT molecular complexity index is 552. The van der Waals surface area contributed by atoms with Crippen molar-refractivity contribution >= 4 is 11.9 Å². The molecule has 1 aliphatic rings. The molecule has 1 saturated carbocycles. The monoisotopic (exact) mass is 335 g/mol. The van der Waals surface area contributed by atoms with E-state index in [1.165, 1.54) is 25.7 Å². The van der Waals surface area contributed by atoms with Gasteiger partial charge in [0.2, 0.25) is 5.91 Å². The van der Waals surface area contributed by atoms with Gasteiger partial charge in [0, 0.05) is 12.6 Å². The van der Waals surface area contributed by atoms with Crippen LogP contribution in [0, 0.1) is 11.7 Å². The Hall–Kier alpha value is -1.91. The summed E-state index contributed by atoms with van der Waals surface area (Å²) >= 11 is 0. The minimum atomic E-state index is -0.353. The van der Waals surface area contributed by atoms with E-state index in [1.807, 2.05) is 4.90 Å². The summed E-state index contributed by atoms with van der Waals surface area (Å²) in [4.78, 5) is 26.4. The molecule has 1 aliphatic carbocycles. The molecule has 132 valence electrons. The molecule has 0 spiro atoms. The molecular weight excluding hydrogens is 309 g/mol. The van der Waals surface area contributed by atoms with Crippen molar-refractivity contribution in [1.82, 2.24) is 4.90 Å². The molecule has 0 saturated heterocycles. The van der Waals surface area contributed by atoms with Crippen LogP contribution >= 0.6 is 0 Å². The van der Waals surface area contributed by atoms with Gasteiger partial charge in [-0.2, -0.15) is 0 Å². The average molecular weight is 335 g/mol. The number of methoxy groups -OCH3 is 1. The lowest BCUT2D eigenvalue weighted by atomic mass is 9.93. The van der Waals surface area contributed by atoms with Gasteiger partial charge in [0.25, 0.3) is 0 Å². The van der Waals surface area contributed by atoms with Gasteiger partial charge in [0.05, 0.1) is 19.4 Å². The normalized spacial score (nSPS) is 16.5. The van der Waals surface area contributed by atoms with Crippen LogP contribution in [-0.4, -0.2) is 36.5 Å². The van der Waals surface area contributed by atoms with Gasteiger partial charge in [-0.1, -0.05) is 38.3 Å². The van der Waals surface area contributed by atoms with Crippen molar-refractivity contribution in [2.75, 3.05) is 13.7 Å². The van der Waals surface area contributed by atoms with Gasteiger partial charge in [-0.25, -0.2) is 4.39 Å². The molecule has 1 atom stereocenters. The zero-order valence-electron chi connectivity index (χ0n) is 14.5. The topological polar surface area (TPSA) is 46.6 Å². The Labute approximate surface area is 143 Å². The van der Waals surface area contributed by atoms with Gasteiger partial charge in [-0.15, -0.1) is 0 Å². The molecule has 1 unspecified atom stereocenters. The van der Waals surface area contributed by atoms with E-state index in [9.17, 15) is 14.0 Å². The molecule has 1 fully saturated rings. The van der Waals surface area contributed by atoms with Crippen LogP contribution in [0.3, 0.4) is 0 Å². The van der Waals surface area contributed by atoms with Crippen LogP contribution in [0.25, 0.3) is 0 Å². The average Bonchev–Trinajstić information content (AvgIpc) is 2.61. The molecule has 4 nitrogen and oxygen atoms in total. The van der Waals surface area contributed by atoms with Crippen molar-refractivity contribution in [2.24, 2.45) is 5.92 Å². The number of ether oxygens (including phenoxy) is 1. The molecule has 1 amide bonds. The summed E-state index contributed by atoms with van der Waals surface area (Å²) in [5.41, 5.74) is 0.785. The summed E-state index contributed by atoms with van der Waals surface area (Å²) < 4.78 is 17.8. The first-order valence-corrected chi connectivity index (χ1v) is 8.63. The number of nitrogens with zero attached hydrogens (tertiary/aromatic N) is 1. The van der Waals surface area contributed by atoms with Crippen LogP contribution in [0.2, 0.25) is 0 Å². The van der Waals surface area contributed by atoms with Gasteiger partial charge >= 0.3 is 5.97 Å². The third kappa shape index (κ3) is 5.05. The lowest BCUT2D eigenvalue weighted by Gasteiger charge is -2.35. The smallest absolute Gasteiger partial charge is 0.310 e. The van der Waals surface area contributed by atoms with Gasteiger partial charge in [-0.3, -0.25) is 9.59 Å². The van der Waals surface area contributed by atoms with E-state index in [-0.39, 0.29) is 36.1 Å². The maximum Gasteiger partial charge on any atom is 0.310 e. The Morgan fingerprint density at radius 1 is 1.21 bits per heavy atom. The summed E-state index contributed by atoms with van der Waals surface area (Å²) in [6, 6.07) is 6.18. The molecule has 2 rings (SSSR count). The lowest BCUT2D eigenvalue weighted by molar-refractivity contribution is -0.147. The molecule has 0 aliphatic heterocycles. The quantitative estimate of drug-likeness (QED) is 0.749. The first-order valence-electron chi connectivity index (χ1n) is 8.63. The van der Waals surface area contributed by atoms with Crippen molar-refractivity contribution < 1.29 is 18.7 Å². The van der Waals surface area contributed by atoms with Crippen molar-refractivity contribution in [3.8, 4) is 0 Å². The predicted molar refractivity (Wildman–Crippen MR) is 89.9 cm³/mol. The second-order valence-corrected chi connectivity index (χ2v) is 6.57. The Morgan fingerprint density at radius 3 is 2.42 bits per heavy atom. The third-order valence-electron chi connectivity index (χ3n) is 4.68. The molecule has 0 heterocycles. The number of amides is 1. The van der Waals surface area contributed by atoms with Gasteiger partial charge in [-0.05, 0) is 30.5 Å². The maximum absolute atomic E-state index is 13.0. The van der Waals surface area contributed by atoms with Gasteiger partial charge in [0.15, 0.2) is 0 Å². The van der Waals surface area contributed by atoms with E-state index in [0.717, 1.165) is 31.2 Å². The van der Waals surface area contributed by atoms with E-state index in [4.69, 9.17) is 4.74 Å². The van der Waals surface area contributed by atoms with Crippen LogP contribution in [0.4, 0.5) is 4.39 Å². The minimum Gasteiger partial charge on any atom is -0.469 e. The number of carbonyl (C=O) groups excluding carboxylic acids is 2. The number of halogens is 1. The first-order chi connectivity index (χ1) is 11.5. The predicted octanol–water partition coefficient (Wildman–Crippen LogP) is 3.34. The summed E-state index contributed by atoms with van der Waals surface area (Å²) in [5.74, 6) is -0.974. The molecule has 1 aromatic carbocycles. The van der Waals surface area contributed by atoms with Crippen molar-refractivity contribution in [3.05, 3.63) is 35.6 Å². The highest BCUT2D eigenvalue weighted by atomic mass is 19.1. The van der Waals surface area contributed by atoms with E-state index in [2.05, 4.69) is 0 Å². The zero-order valence-corrected chi connectivity index (χ0v) is 14.5. The highest BCUT2D eigenvalue weighted by molar-refractivity contribution is 5.80. The molecule has 0 aromatic heterocycles. The summed E-state index contributed by atoms with van der Waals surface area (Å²) in [6.45, 7) is 2.16. The Morgan fingerprint density at radius 2 is 1.83 bits per heavy atom. The molecule has 0 radical (unpaired) electrons. The molecule has 5 heteroatoms. The summed E-state index contributed by atoms with van der Waals surface area (Å²) in [5, 5.41) is 0. The van der Waals surface area contributed by atoms with E-state index < -0.39 is 0 Å². The fraction of sp³-hybridized carbons (Fsp3) is 0.579. The second kappa shape index (κ2) is 8.81. The molecule has 24 heavy (non-hydrogen) atoms.